The number of rotatable bonds is 5. The third kappa shape index (κ3) is 2.18. The monoisotopic (exact) mass is 248 g/mol. The van der Waals surface area contributed by atoms with Gasteiger partial charge in [-0.1, -0.05) is 6.07 Å². The number of benzene rings is 1. The normalized spacial score (nSPS) is 12.2. The topological polar surface area (TPSA) is 69.7 Å². The van der Waals surface area contributed by atoms with Gasteiger partial charge in [0.2, 0.25) is 0 Å². The average molecular weight is 248 g/mol. The van der Waals surface area contributed by atoms with Gasteiger partial charge in [0.15, 0.2) is 0 Å². The summed E-state index contributed by atoms with van der Waals surface area (Å²) in [5.41, 5.74) is 4.49. The molecule has 0 aliphatic carbocycles. The predicted molar refractivity (Wildman–Crippen MR) is 67.4 cm³/mol. The fourth-order valence-corrected chi connectivity index (χ4v) is 1.95. The summed E-state index contributed by atoms with van der Waals surface area (Å²) in [5.74, 6) is 7.05. The molecular formula is C13H16N2O3. The molecule has 0 aliphatic heterocycles. The minimum absolute atomic E-state index is 0.255. The molecule has 5 heteroatoms. The predicted octanol–water partition coefficient (Wildman–Crippen LogP) is 1.85. The van der Waals surface area contributed by atoms with E-state index in [1.165, 1.54) is 0 Å². The van der Waals surface area contributed by atoms with Crippen LogP contribution >= 0.6 is 0 Å². The van der Waals surface area contributed by atoms with Gasteiger partial charge in [0.25, 0.3) is 0 Å². The highest BCUT2D eigenvalue weighted by Crippen LogP contribution is 2.36. The molecule has 1 aromatic heterocycles. The lowest BCUT2D eigenvalue weighted by molar-refractivity contribution is 0.377. The van der Waals surface area contributed by atoms with Crippen LogP contribution in [0.5, 0.6) is 11.5 Å². The van der Waals surface area contributed by atoms with Crippen molar-refractivity contribution in [3.63, 3.8) is 0 Å². The summed E-state index contributed by atoms with van der Waals surface area (Å²) in [6.45, 7) is 0. The number of nitrogens with two attached hydrogens (primary N) is 1. The van der Waals surface area contributed by atoms with Crippen LogP contribution in [-0.2, 0) is 0 Å². The molecule has 1 atom stereocenters. The largest absolute Gasteiger partial charge is 0.496 e. The molecule has 0 saturated carbocycles. The zero-order chi connectivity index (χ0) is 13.0. The Hall–Kier alpha value is -1.98. The fraction of sp³-hybridized carbons (Fsp3) is 0.231. The first-order valence-electron chi connectivity index (χ1n) is 5.51. The van der Waals surface area contributed by atoms with Crippen LogP contribution < -0.4 is 20.7 Å². The van der Waals surface area contributed by atoms with Crippen LogP contribution in [0.25, 0.3) is 0 Å². The summed E-state index contributed by atoms with van der Waals surface area (Å²) in [5, 5.41) is 0. The zero-order valence-corrected chi connectivity index (χ0v) is 10.3. The van der Waals surface area contributed by atoms with E-state index in [9.17, 15) is 0 Å². The Balaban J connectivity index is 2.53. The Morgan fingerprint density at radius 2 is 1.83 bits per heavy atom. The quantitative estimate of drug-likeness (QED) is 0.624. The van der Waals surface area contributed by atoms with Gasteiger partial charge in [-0.05, 0) is 18.2 Å². The molecule has 0 spiro atoms. The second kappa shape index (κ2) is 5.57. The van der Waals surface area contributed by atoms with E-state index < -0.39 is 0 Å². The van der Waals surface area contributed by atoms with Crippen LogP contribution in [0.1, 0.15) is 17.2 Å². The van der Waals surface area contributed by atoms with Gasteiger partial charge in [-0.2, -0.15) is 0 Å². The number of hydrogen-bond donors (Lipinski definition) is 2. The van der Waals surface area contributed by atoms with E-state index in [0.29, 0.717) is 11.5 Å². The average Bonchev–Trinajstić information content (AvgIpc) is 2.93. The molecule has 3 N–H and O–H groups in total. The lowest BCUT2D eigenvalue weighted by Crippen LogP contribution is -2.29. The van der Waals surface area contributed by atoms with Gasteiger partial charge in [-0.3, -0.25) is 5.84 Å². The van der Waals surface area contributed by atoms with E-state index in [1.54, 1.807) is 26.7 Å². The Labute approximate surface area is 105 Å². The van der Waals surface area contributed by atoms with Crippen LogP contribution in [0.15, 0.2) is 41.2 Å². The summed E-state index contributed by atoms with van der Waals surface area (Å²) >= 11 is 0. The molecule has 0 saturated heterocycles. The van der Waals surface area contributed by atoms with E-state index in [2.05, 4.69) is 5.43 Å². The molecule has 0 bridgehead atoms. The molecule has 0 aliphatic rings. The lowest BCUT2D eigenvalue weighted by Gasteiger charge is -2.20. The first-order chi connectivity index (χ1) is 8.81. The summed E-state index contributed by atoms with van der Waals surface area (Å²) < 4.78 is 15.8. The minimum Gasteiger partial charge on any atom is -0.496 e. The molecule has 1 heterocycles. The Kier molecular flexibility index (Phi) is 3.86. The highest BCUT2D eigenvalue weighted by molar-refractivity contribution is 5.50. The van der Waals surface area contributed by atoms with Crippen molar-refractivity contribution in [3.8, 4) is 11.5 Å². The third-order valence-corrected chi connectivity index (χ3v) is 2.80. The van der Waals surface area contributed by atoms with Crippen LogP contribution in [0.3, 0.4) is 0 Å². The molecule has 18 heavy (non-hydrogen) atoms. The molecule has 2 rings (SSSR count). The summed E-state index contributed by atoms with van der Waals surface area (Å²) in [6.07, 6.45) is 3.23. The second-order valence-electron chi connectivity index (χ2n) is 3.73. The summed E-state index contributed by atoms with van der Waals surface area (Å²) in [7, 11) is 3.22. The highest BCUT2D eigenvalue weighted by Gasteiger charge is 2.22. The van der Waals surface area contributed by atoms with Crippen molar-refractivity contribution in [2.45, 2.75) is 6.04 Å². The van der Waals surface area contributed by atoms with E-state index in [-0.39, 0.29) is 6.04 Å². The van der Waals surface area contributed by atoms with Crippen molar-refractivity contribution in [1.82, 2.24) is 5.43 Å². The molecule has 1 unspecified atom stereocenters. The van der Waals surface area contributed by atoms with E-state index in [1.807, 2.05) is 24.3 Å². The number of hydrazine groups is 1. The maximum Gasteiger partial charge on any atom is 0.127 e. The number of hydrogen-bond acceptors (Lipinski definition) is 5. The van der Waals surface area contributed by atoms with E-state index in [0.717, 1.165) is 11.1 Å². The van der Waals surface area contributed by atoms with Crippen molar-refractivity contribution >= 4 is 0 Å². The molecule has 96 valence electrons. The van der Waals surface area contributed by atoms with Crippen molar-refractivity contribution in [2.24, 2.45) is 5.84 Å². The molecular weight excluding hydrogens is 232 g/mol. The molecule has 5 nitrogen and oxygen atoms in total. The minimum atomic E-state index is -0.255. The van der Waals surface area contributed by atoms with E-state index >= 15 is 0 Å². The van der Waals surface area contributed by atoms with Crippen molar-refractivity contribution in [1.29, 1.82) is 0 Å². The van der Waals surface area contributed by atoms with Crippen molar-refractivity contribution in [3.05, 3.63) is 47.9 Å². The van der Waals surface area contributed by atoms with Crippen LogP contribution in [-0.4, -0.2) is 14.2 Å². The SMILES string of the molecule is COc1cccc(OC)c1C(NN)c1ccoc1. The zero-order valence-electron chi connectivity index (χ0n) is 10.3. The Morgan fingerprint density at radius 3 is 2.28 bits per heavy atom. The molecule has 0 radical (unpaired) electrons. The van der Waals surface area contributed by atoms with E-state index in [4.69, 9.17) is 19.7 Å². The second-order valence-corrected chi connectivity index (χ2v) is 3.73. The van der Waals surface area contributed by atoms with Gasteiger partial charge in [0, 0.05) is 5.56 Å². The standard InChI is InChI=1S/C13H16N2O3/c1-16-10-4-3-5-11(17-2)12(10)13(15-14)9-6-7-18-8-9/h3-8,13,15H,14H2,1-2H3. The maximum atomic E-state index is 5.64. The number of methoxy groups -OCH3 is 2. The molecule has 0 fully saturated rings. The summed E-state index contributed by atoms with van der Waals surface area (Å²) in [4.78, 5) is 0. The first-order valence-corrected chi connectivity index (χ1v) is 5.51. The van der Waals surface area contributed by atoms with Crippen molar-refractivity contribution < 1.29 is 13.9 Å². The molecule has 2 aromatic rings. The summed E-state index contributed by atoms with van der Waals surface area (Å²) in [6, 6.07) is 7.18. The van der Waals surface area contributed by atoms with Gasteiger partial charge in [-0.25, -0.2) is 5.43 Å². The van der Waals surface area contributed by atoms with Crippen LogP contribution in [0.4, 0.5) is 0 Å². The third-order valence-electron chi connectivity index (χ3n) is 2.80. The lowest BCUT2D eigenvalue weighted by atomic mass is 9.99. The van der Waals surface area contributed by atoms with Gasteiger partial charge < -0.3 is 13.9 Å². The molecule has 0 amide bonds. The van der Waals surface area contributed by atoms with Crippen molar-refractivity contribution in [2.75, 3.05) is 14.2 Å². The Bertz CT molecular complexity index is 475. The first kappa shape index (κ1) is 12.5. The number of ether oxygens (including phenoxy) is 2. The van der Waals surface area contributed by atoms with Crippen LogP contribution in [0.2, 0.25) is 0 Å². The fourth-order valence-electron chi connectivity index (χ4n) is 1.95. The van der Waals surface area contributed by atoms with Crippen LogP contribution in [0, 0.1) is 0 Å². The van der Waals surface area contributed by atoms with Gasteiger partial charge in [0.1, 0.15) is 11.5 Å². The highest BCUT2D eigenvalue weighted by atomic mass is 16.5. The molecule has 1 aromatic carbocycles. The number of furan rings is 1. The Morgan fingerprint density at radius 1 is 1.17 bits per heavy atom. The number of nitrogens with one attached hydrogen (secondary N) is 1. The smallest absolute Gasteiger partial charge is 0.127 e. The van der Waals surface area contributed by atoms with Gasteiger partial charge in [0.05, 0.1) is 38.4 Å². The maximum absolute atomic E-state index is 5.64. The van der Waals surface area contributed by atoms with Gasteiger partial charge >= 0.3 is 0 Å². The van der Waals surface area contributed by atoms with Gasteiger partial charge in [-0.15, -0.1) is 0 Å².